The Kier molecular flexibility index (Phi) is 6.06. The van der Waals surface area contributed by atoms with Crippen molar-refractivity contribution in [2.45, 2.75) is 19.3 Å². The summed E-state index contributed by atoms with van der Waals surface area (Å²) in [4.78, 5) is 0. The molecule has 3 rings (SSSR count). The molecule has 0 heterocycles. The maximum absolute atomic E-state index is 5.82. The number of allylic oxidation sites excluding steroid dienone is 11. The zero-order valence-electron chi connectivity index (χ0n) is 14.5. The van der Waals surface area contributed by atoms with Crippen LogP contribution in [0.2, 0.25) is 0 Å². The summed E-state index contributed by atoms with van der Waals surface area (Å²) in [5, 5.41) is 0. The van der Waals surface area contributed by atoms with Gasteiger partial charge in [-0.05, 0) is 41.7 Å². The first-order valence-corrected chi connectivity index (χ1v) is 8.78. The third-order valence-corrected chi connectivity index (χ3v) is 4.30. The summed E-state index contributed by atoms with van der Waals surface area (Å²) in [6.45, 7) is 4.47. The molecule has 0 aromatic heterocycles. The first-order chi connectivity index (χ1) is 12.3. The molecule has 0 unspecified atom stereocenters. The van der Waals surface area contributed by atoms with E-state index in [2.05, 4.69) is 61.3 Å². The van der Waals surface area contributed by atoms with Crippen molar-refractivity contribution in [2.24, 2.45) is 0 Å². The van der Waals surface area contributed by atoms with Gasteiger partial charge >= 0.3 is 0 Å². The highest BCUT2D eigenvalue weighted by atomic mass is 16.5. The van der Waals surface area contributed by atoms with Gasteiger partial charge in [0.05, 0.1) is 6.61 Å². The highest BCUT2D eigenvalue weighted by Gasteiger charge is 2.06. The summed E-state index contributed by atoms with van der Waals surface area (Å²) in [7, 11) is 0. The normalized spacial score (nSPS) is 16.4. The van der Waals surface area contributed by atoms with Gasteiger partial charge in [-0.25, -0.2) is 0 Å². The lowest BCUT2D eigenvalue weighted by Crippen LogP contribution is -1.98. The first kappa shape index (κ1) is 17.0. The van der Waals surface area contributed by atoms with Crippen molar-refractivity contribution in [2.75, 3.05) is 6.61 Å². The molecule has 0 N–H and O–H groups in total. The van der Waals surface area contributed by atoms with Crippen molar-refractivity contribution in [3.8, 4) is 5.75 Å². The van der Waals surface area contributed by atoms with Crippen LogP contribution in [-0.4, -0.2) is 6.61 Å². The predicted molar refractivity (Wildman–Crippen MR) is 108 cm³/mol. The third kappa shape index (κ3) is 5.36. The first-order valence-electron chi connectivity index (χ1n) is 8.78. The van der Waals surface area contributed by atoms with Gasteiger partial charge in [0.15, 0.2) is 0 Å². The fraction of sp³-hybridized carbons (Fsp3) is 0.167. The Bertz CT molecular complexity index is 780. The number of benzene rings is 1. The Labute approximate surface area is 150 Å². The quantitative estimate of drug-likeness (QED) is 0.505. The van der Waals surface area contributed by atoms with E-state index in [0.717, 1.165) is 30.6 Å². The summed E-state index contributed by atoms with van der Waals surface area (Å²) in [5.74, 6) is 0.915. The van der Waals surface area contributed by atoms with E-state index in [-0.39, 0.29) is 0 Å². The van der Waals surface area contributed by atoms with Gasteiger partial charge in [0.25, 0.3) is 0 Å². The van der Waals surface area contributed by atoms with Crippen molar-refractivity contribution < 1.29 is 4.74 Å². The molecule has 25 heavy (non-hydrogen) atoms. The average Bonchev–Trinajstić information content (AvgIpc) is 3.31. The molecule has 1 aromatic carbocycles. The smallest absolute Gasteiger partial charge is 0.119 e. The number of ether oxygens (including phenoxy) is 1. The second kappa shape index (κ2) is 8.89. The molecule has 0 fully saturated rings. The van der Waals surface area contributed by atoms with Gasteiger partial charge in [0.1, 0.15) is 5.75 Å². The highest BCUT2D eigenvalue weighted by molar-refractivity contribution is 5.48. The fourth-order valence-electron chi connectivity index (χ4n) is 2.84. The Morgan fingerprint density at radius 2 is 1.76 bits per heavy atom. The number of hydrogen-bond acceptors (Lipinski definition) is 1. The van der Waals surface area contributed by atoms with Gasteiger partial charge in [0.2, 0.25) is 0 Å². The molecule has 1 heteroatoms. The van der Waals surface area contributed by atoms with Crippen LogP contribution in [0.5, 0.6) is 5.75 Å². The van der Waals surface area contributed by atoms with Crippen LogP contribution in [0, 0.1) is 0 Å². The van der Waals surface area contributed by atoms with Crippen molar-refractivity contribution >= 4 is 6.08 Å². The van der Waals surface area contributed by atoms with Crippen molar-refractivity contribution in [1.29, 1.82) is 0 Å². The molecule has 0 atom stereocenters. The van der Waals surface area contributed by atoms with Crippen LogP contribution >= 0.6 is 0 Å². The zero-order valence-corrected chi connectivity index (χ0v) is 14.5. The molecule has 0 saturated heterocycles. The zero-order chi connectivity index (χ0) is 17.3. The van der Waals surface area contributed by atoms with E-state index in [9.17, 15) is 0 Å². The van der Waals surface area contributed by atoms with Crippen LogP contribution < -0.4 is 4.74 Å². The minimum atomic E-state index is 0.713. The van der Waals surface area contributed by atoms with E-state index < -0.39 is 0 Å². The van der Waals surface area contributed by atoms with Crippen LogP contribution in [0.1, 0.15) is 24.8 Å². The maximum Gasteiger partial charge on any atom is 0.119 e. The summed E-state index contributed by atoms with van der Waals surface area (Å²) < 4.78 is 5.82. The predicted octanol–water partition coefficient (Wildman–Crippen LogP) is 6.35. The minimum absolute atomic E-state index is 0.713. The Morgan fingerprint density at radius 3 is 2.48 bits per heavy atom. The van der Waals surface area contributed by atoms with Gasteiger partial charge in [-0.15, -0.1) is 0 Å². The topological polar surface area (TPSA) is 9.23 Å². The summed E-state index contributed by atoms with van der Waals surface area (Å²) >= 11 is 0. The standard InChI is InChI=1S/C24H24O/c1-2-20-13-15-24(16-14-20)25-18-17-23-12-11-22(19-23)10-6-5-9-21-7-3-4-8-21/h2-7,9-16H,1,8,17-19H2. The fourth-order valence-corrected chi connectivity index (χ4v) is 2.84. The lowest BCUT2D eigenvalue weighted by molar-refractivity contribution is 0.321. The van der Waals surface area contributed by atoms with Crippen LogP contribution in [0.3, 0.4) is 0 Å². The van der Waals surface area contributed by atoms with Crippen molar-refractivity contribution in [3.63, 3.8) is 0 Å². The Balaban J connectivity index is 1.36. The van der Waals surface area contributed by atoms with Gasteiger partial charge in [-0.2, -0.15) is 0 Å². The lowest BCUT2D eigenvalue weighted by Gasteiger charge is -2.07. The Hall–Kier alpha value is -2.80. The second-order valence-corrected chi connectivity index (χ2v) is 6.21. The minimum Gasteiger partial charge on any atom is -0.493 e. The van der Waals surface area contributed by atoms with Crippen LogP contribution in [-0.2, 0) is 0 Å². The Morgan fingerprint density at radius 1 is 0.960 bits per heavy atom. The maximum atomic E-state index is 5.82. The van der Waals surface area contributed by atoms with Gasteiger partial charge in [-0.3, -0.25) is 0 Å². The molecule has 0 aliphatic heterocycles. The molecule has 1 nitrogen and oxygen atoms in total. The SMILES string of the molecule is C=Cc1ccc(OCCC2=CC=C(C=CC=CC3=CC=CC3)C2)cc1. The van der Waals surface area contributed by atoms with Crippen LogP contribution in [0.4, 0.5) is 0 Å². The van der Waals surface area contributed by atoms with Crippen molar-refractivity contribution in [3.05, 3.63) is 108 Å². The molecule has 0 spiro atoms. The highest BCUT2D eigenvalue weighted by Crippen LogP contribution is 2.23. The summed E-state index contributed by atoms with van der Waals surface area (Å²) in [6, 6.07) is 8.03. The second-order valence-electron chi connectivity index (χ2n) is 6.21. The number of hydrogen-bond donors (Lipinski definition) is 0. The van der Waals surface area contributed by atoms with E-state index in [4.69, 9.17) is 4.74 Å². The third-order valence-electron chi connectivity index (χ3n) is 4.30. The number of rotatable bonds is 8. The molecule has 2 aliphatic carbocycles. The van der Waals surface area contributed by atoms with E-state index >= 15 is 0 Å². The molecule has 1 aromatic rings. The van der Waals surface area contributed by atoms with E-state index in [1.54, 1.807) is 0 Å². The average molecular weight is 328 g/mol. The molecular weight excluding hydrogens is 304 g/mol. The molecule has 0 bridgehead atoms. The van der Waals surface area contributed by atoms with E-state index in [1.807, 2.05) is 30.3 Å². The largest absolute Gasteiger partial charge is 0.493 e. The molecule has 0 amide bonds. The molecule has 0 radical (unpaired) electrons. The van der Waals surface area contributed by atoms with Crippen molar-refractivity contribution in [1.82, 2.24) is 0 Å². The van der Waals surface area contributed by atoms with Gasteiger partial charge in [-0.1, -0.05) is 85.0 Å². The molecular formula is C24H24O. The summed E-state index contributed by atoms with van der Waals surface area (Å²) in [5.41, 5.74) is 5.26. The van der Waals surface area contributed by atoms with E-state index in [1.165, 1.54) is 16.7 Å². The monoisotopic (exact) mass is 328 g/mol. The van der Waals surface area contributed by atoms with Crippen LogP contribution in [0.15, 0.2) is 102 Å². The van der Waals surface area contributed by atoms with Gasteiger partial charge < -0.3 is 4.74 Å². The van der Waals surface area contributed by atoms with Gasteiger partial charge in [0, 0.05) is 6.42 Å². The van der Waals surface area contributed by atoms with Crippen LogP contribution in [0.25, 0.3) is 6.08 Å². The summed E-state index contributed by atoms with van der Waals surface area (Å²) in [6.07, 6.45) is 24.3. The molecule has 2 aliphatic rings. The molecule has 126 valence electrons. The van der Waals surface area contributed by atoms with E-state index in [0.29, 0.717) is 6.61 Å². The molecule has 0 saturated carbocycles. The lowest BCUT2D eigenvalue weighted by atomic mass is 10.1.